The van der Waals surface area contributed by atoms with E-state index < -0.39 is 0 Å². The van der Waals surface area contributed by atoms with Gasteiger partial charge in [-0.2, -0.15) is 0 Å². The molecule has 2 atom stereocenters. The number of carbonyl (C=O) groups is 2. The van der Waals surface area contributed by atoms with E-state index in [4.69, 9.17) is 4.74 Å². The van der Waals surface area contributed by atoms with Gasteiger partial charge < -0.3 is 19.5 Å². The molecule has 30 heavy (non-hydrogen) atoms. The normalized spacial score (nSPS) is 20.0. The van der Waals surface area contributed by atoms with Crippen molar-refractivity contribution in [2.45, 2.75) is 39.3 Å². The van der Waals surface area contributed by atoms with Crippen LogP contribution in [-0.4, -0.2) is 62.8 Å². The fourth-order valence-electron chi connectivity index (χ4n) is 4.02. The molecule has 9 nitrogen and oxygen atoms in total. The molecule has 2 aromatic rings. The third-order valence-electron chi connectivity index (χ3n) is 5.77. The summed E-state index contributed by atoms with van der Waals surface area (Å²) < 4.78 is 7.43. The van der Waals surface area contributed by atoms with Gasteiger partial charge in [0.25, 0.3) is 5.91 Å². The second-order valence-electron chi connectivity index (χ2n) is 8.17. The van der Waals surface area contributed by atoms with Crippen LogP contribution in [0.25, 0.3) is 0 Å². The van der Waals surface area contributed by atoms with Crippen LogP contribution in [-0.2, 0) is 22.5 Å². The number of hydrogen-bond acceptors (Lipinski definition) is 6. The van der Waals surface area contributed by atoms with E-state index in [-0.39, 0.29) is 29.7 Å². The molecule has 0 saturated carbocycles. The molecule has 2 aromatic heterocycles. The zero-order valence-electron chi connectivity index (χ0n) is 17.5. The summed E-state index contributed by atoms with van der Waals surface area (Å²) in [6.07, 6.45) is 3.04. The molecule has 0 spiro atoms. The van der Waals surface area contributed by atoms with Gasteiger partial charge >= 0.3 is 0 Å². The zero-order chi connectivity index (χ0) is 21.1. The van der Waals surface area contributed by atoms with Crippen molar-refractivity contribution in [1.29, 1.82) is 0 Å². The van der Waals surface area contributed by atoms with E-state index in [1.807, 2.05) is 18.7 Å². The van der Waals surface area contributed by atoms with E-state index in [0.717, 1.165) is 18.1 Å². The summed E-state index contributed by atoms with van der Waals surface area (Å²) in [5, 5.41) is 11.8. The predicted molar refractivity (Wildman–Crippen MR) is 109 cm³/mol. The van der Waals surface area contributed by atoms with Crippen LogP contribution >= 0.6 is 0 Å². The molecule has 1 saturated heterocycles. The molecule has 160 valence electrons. The maximum absolute atomic E-state index is 12.8. The number of rotatable bonds is 5. The van der Waals surface area contributed by atoms with Gasteiger partial charge in [-0.15, -0.1) is 10.2 Å². The first-order chi connectivity index (χ1) is 14.5. The molecule has 1 N–H and O–H groups in total. The summed E-state index contributed by atoms with van der Waals surface area (Å²) >= 11 is 0. The van der Waals surface area contributed by atoms with Crippen molar-refractivity contribution in [1.82, 2.24) is 30.0 Å². The van der Waals surface area contributed by atoms with Gasteiger partial charge in [0, 0.05) is 38.9 Å². The Morgan fingerprint density at radius 3 is 2.77 bits per heavy atom. The van der Waals surface area contributed by atoms with Crippen molar-refractivity contribution in [3.63, 3.8) is 0 Å². The molecule has 9 heteroatoms. The Bertz CT molecular complexity index is 891. The number of nitrogens with one attached hydrogen (secondary N) is 1. The predicted octanol–water partition coefficient (Wildman–Crippen LogP) is 1.22. The van der Waals surface area contributed by atoms with Crippen LogP contribution in [0.5, 0.6) is 0 Å². The van der Waals surface area contributed by atoms with Gasteiger partial charge in [0.05, 0.1) is 18.6 Å². The first-order valence-electron chi connectivity index (χ1n) is 10.5. The molecule has 2 amide bonds. The lowest BCUT2D eigenvalue weighted by molar-refractivity contribution is -0.135. The number of pyridine rings is 1. The van der Waals surface area contributed by atoms with Crippen molar-refractivity contribution in [2.75, 3.05) is 26.3 Å². The molecular formula is C21H28N6O3. The molecule has 2 aliphatic rings. The van der Waals surface area contributed by atoms with Crippen molar-refractivity contribution in [3.05, 3.63) is 41.7 Å². The SMILES string of the molecule is CC(C)C(NC(=O)c1ccccn1)c1nnc2n1CCN(C(=O)C1CCOC1)CC2. The lowest BCUT2D eigenvalue weighted by atomic mass is 10.0. The molecule has 2 unspecified atom stereocenters. The Balaban J connectivity index is 1.50. The third kappa shape index (κ3) is 4.21. The van der Waals surface area contributed by atoms with E-state index in [0.29, 0.717) is 45.0 Å². The standard InChI is InChI=1S/C21H28N6O3/c1-14(2)18(23-20(28)16-5-3-4-8-22-16)19-25-24-17-6-9-26(10-11-27(17)19)21(29)15-7-12-30-13-15/h3-5,8,14-15,18H,6-7,9-13H2,1-2H3,(H,23,28). The van der Waals surface area contributed by atoms with Gasteiger partial charge in [-0.25, -0.2) is 0 Å². The van der Waals surface area contributed by atoms with Gasteiger partial charge in [0.2, 0.25) is 5.91 Å². The van der Waals surface area contributed by atoms with Gasteiger partial charge in [-0.05, 0) is 24.5 Å². The second kappa shape index (κ2) is 8.91. The Labute approximate surface area is 175 Å². The number of carbonyl (C=O) groups excluding carboxylic acids is 2. The van der Waals surface area contributed by atoms with Crippen molar-refractivity contribution in [3.8, 4) is 0 Å². The first-order valence-corrected chi connectivity index (χ1v) is 10.5. The van der Waals surface area contributed by atoms with Crippen LogP contribution < -0.4 is 5.32 Å². The van der Waals surface area contributed by atoms with Gasteiger partial charge in [0.1, 0.15) is 11.5 Å². The molecule has 0 aromatic carbocycles. The lowest BCUT2D eigenvalue weighted by Crippen LogP contribution is -2.39. The van der Waals surface area contributed by atoms with Crippen molar-refractivity contribution in [2.24, 2.45) is 11.8 Å². The molecule has 2 aliphatic heterocycles. The minimum atomic E-state index is -0.300. The van der Waals surface area contributed by atoms with E-state index >= 15 is 0 Å². The maximum atomic E-state index is 12.8. The van der Waals surface area contributed by atoms with Gasteiger partial charge in [0.15, 0.2) is 5.82 Å². The quantitative estimate of drug-likeness (QED) is 0.792. The highest BCUT2D eigenvalue weighted by Gasteiger charge is 2.32. The first kappa shape index (κ1) is 20.5. The summed E-state index contributed by atoms with van der Waals surface area (Å²) in [7, 11) is 0. The Morgan fingerprint density at radius 1 is 1.20 bits per heavy atom. The van der Waals surface area contributed by atoms with Crippen LogP contribution in [0.1, 0.15) is 48.4 Å². The van der Waals surface area contributed by atoms with E-state index in [9.17, 15) is 9.59 Å². The van der Waals surface area contributed by atoms with Crippen LogP contribution in [0.15, 0.2) is 24.4 Å². The van der Waals surface area contributed by atoms with Crippen molar-refractivity contribution >= 4 is 11.8 Å². The van der Waals surface area contributed by atoms with Crippen LogP contribution in [0.3, 0.4) is 0 Å². The minimum absolute atomic E-state index is 0.0333. The summed E-state index contributed by atoms with van der Waals surface area (Å²) in [5.41, 5.74) is 0.370. The number of nitrogens with zero attached hydrogens (tertiary/aromatic N) is 5. The van der Waals surface area contributed by atoms with E-state index in [2.05, 4.69) is 25.1 Å². The highest BCUT2D eigenvalue weighted by atomic mass is 16.5. The van der Waals surface area contributed by atoms with E-state index in [1.54, 1.807) is 24.4 Å². The number of amides is 2. The van der Waals surface area contributed by atoms with Gasteiger partial charge in [-0.3, -0.25) is 14.6 Å². The Morgan fingerprint density at radius 2 is 2.07 bits per heavy atom. The third-order valence-corrected chi connectivity index (χ3v) is 5.77. The summed E-state index contributed by atoms with van der Waals surface area (Å²) in [6, 6.07) is 4.95. The lowest BCUT2D eigenvalue weighted by Gasteiger charge is -2.24. The van der Waals surface area contributed by atoms with Crippen molar-refractivity contribution < 1.29 is 14.3 Å². The van der Waals surface area contributed by atoms with E-state index in [1.165, 1.54) is 0 Å². The topological polar surface area (TPSA) is 102 Å². The highest BCUT2D eigenvalue weighted by molar-refractivity contribution is 5.92. The monoisotopic (exact) mass is 412 g/mol. The molecule has 4 heterocycles. The average molecular weight is 412 g/mol. The summed E-state index contributed by atoms with van der Waals surface area (Å²) in [6.45, 7) is 7.09. The van der Waals surface area contributed by atoms with Crippen LogP contribution in [0.2, 0.25) is 0 Å². The Kier molecular flexibility index (Phi) is 6.08. The number of ether oxygens (including phenoxy) is 1. The van der Waals surface area contributed by atoms with Crippen LogP contribution in [0, 0.1) is 11.8 Å². The average Bonchev–Trinajstić information content (AvgIpc) is 3.38. The zero-order valence-corrected chi connectivity index (χ0v) is 17.5. The molecule has 4 rings (SSSR count). The Hall–Kier alpha value is -2.81. The molecule has 0 aliphatic carbocycles. The number of hydrogen-bond donors (Lipinski definition) is 1. The molecular weight excluding hydrogens is 384 g/mol. The molecule has 0 radical (unpaired) electrons. The minimum Gasteiger partial charge on any atom is -0.381 e. The largest absolute Gasteiger partial charge is 0.381 e. The molecule has 0 bridgehead atoms. The number of aromatic nitrogens is 4. The number of fused-ring (bicyclic) bond motifs is 1. The fourth-order valence-corrected chi connectivity index (χ4v) is 4.02. The molecule has 1 fully saturated rings. The smallest absolute Gasteiger partial charge is 0.270 e. The summed E-state index contributed by atoms with van der Waals surface area (Å²) in [5.74, 6) is 1.58. The highest BCUT2D eigenvalue weighted by Crippen LogP contribution is 2.24. The maximum Gasteiger partial charge on any atom is 0.270 e. The van der Waals surface area contributed by atoms with Crippen LogP contribution in [0.4, 0.5) is 0 Å². The van der Waals surface area contributed by atoms with Gasteiger partial charge in [-0.1, -0.05) is 19.9 Å². The summed E-state index contributed by atoms with van der Waals surface area (Å²) in [4.78, 5) is 31.5. The fraction of sp³-hybridized carbons (Fsp3) is 0.571. The second-order valence-corrected chi connectivity index (χ2v) is 8.17.